The molecule has 0 unspecified atom stereocenters. The molecule has 1 saturated heterocycles. The maximum atomic E-state index is 12.5. The van der Waals surface area contributed by atoms with Gasteiger partial charge in [-0.15, -0.1) is 4.40 Å². The van der Waals surface area contributed by atoms with Crippen molar-refractivity contribution in [3.63, 3.8) is 0 Å². The Morgan fingerprint density at radius 3 is 2.43 bits per heavy atom. The van der Waals surface area contributed by atoms with Gasteiger partial charge >= 0.3 is 5.97 Å². The minimum atomic E-state index is -3.63. The number of benzene rings is 2. The van der Waals surface area contributed by atoms with Crippen LogP contribution in [0.2, 0.25) is 0 Å². The maximum Gasteiger partial charge on any atom is 0.309 e. The third-order valence-corrected chi connectivity index (χ3v) is 6.63. The first-order valence-electron chi connectivity index (χ1n) is 9.40. The molecule has 0 saturated carbocycles. The highest BCUT2D eigenvalue weighted by Gasteiger charge is 2.35. The monoisotopic (exact) mass is 398 g/mol. The van der Waals surface area contributed by atoms with Gasteiger partial charge in [-0.05, 0) is 37.5 Å². The summed E-state index contributed by atoms with van der Waals surface area (Å²) in [6, 6.07) is 16.5. The molecule has 0 aromatic heterocycles. The maximum absolute atomic E-state index is 12.5. The Hall–Kier alpha value is -2.67. The smallest absolute Gasteiger partial charge is 0.309 e. The molecule has 2 aliphatic heterocycles. The number of fused-ring (bicyclic) bond motifs is 1. The number of hydrogen-bond donors (Lipinski definition) is 0. The van der Waals surface area contributed by atoms with Gasteiger partial charge in [-0.1, -0.05) is 42.5 Å². The molecule has 0 N–H and O–H groups in total. The predicted octanol–water partition coefficient (Wildman–Crippen LogP) is 3.15. The van der Waals surface area contributed by atoms with Gasteiger partial charge in [-0.2, -0.15) is 8.42 Å². The number of carbonyl (C=O) groups excluding carboxylic acids is 1. The molecule has 4 rings (SSSR count). The second-order valence-electron chi connectivity index (χ2n) is 7.14. The van der Waals surface area contributed by atoms with Gasteiger partial charge in [0.2, 0.25) is 0 Å². The van der Waals surface area contributed by atoms with Crippen LogP contribution in [0.5, 0.6) is 0 Å². The van der Waals surface area contributed by atoms with Crippen LogP contribution < -0.4 is 0 Å². The van der Waals surface area contributed by atoms with Crippen LogP contribution >= 0.6 is 0 Å². The van der Waals surface area contributed by atoms with E-state index in [1.807, 2.05) is 48.2 Å². The van der Waals surface area contributed by atoms with Crippen molar-refractivity contribution in [1.82, 2.24) is 4.90 Å². The minimum Gasteiger partial charge on any atom is -0.458 e. The molecule has 0 aliphatic carbocycles. The van der Waals surface area contributed by atoms with E-state index in [9.17, 15) is 13.2 Å². The second-order valence-corrected chi connectivity index (χ2v) is 8.71. The number of sulfonamides is 1. The highest BCUT2D eigenvalue weighted by molar-refractivity contribution is 7.90. The van der Waals surface area contributed by atoms with Gasteiger partial charge in [0.15, 0.2) is 5.84 Å². The number of likely N-dealkylation sites (tertiary alicyclic amines) is 1. The largest absolute Gasteiger partial charge is 0.458 e. The summed E-state index contributed by atoms with van der Waals surface area (Å²) in [5, 5.41) is 0. The second kappa shape index (κ2) is 7.39. The van der Waals surface area contributed by atoms with Crippen molar-refractivity contribution in [3.05, 3.63) is 65.7 Å². The fraction of sp³-hybridized carbons (Fsp3) is 0.333. The highest BCUT2D eigenvalue weighted by Crippen LogP contribution is 2.30. The third-order valence-electron chi connectivity index (χ3n) is 5.30. The number of carbonyl (C=O) groups is 1. The lowest BCUT2D eigenvalue weighted by Gasteiger charge is -2.32. The molecule has 28 heavy (non-hydrogen) atoms. The van der Waals surface area contributed by atoms with Gasteiger partial charge in [0.05, 0.1) is 5.92 Å². The lowest BCUT2D eigenvalue weighted by Crippen LogP contribution is -2.40. The molecule has 0 amide bonds. The summed E-state index contributed by atoms with van der Waals surface area (Å²) in [5.74, 6) is 0.105. The van der Waals surface area contributed by atoms with Crippen LogP contribution in [0.25, 0.3) is 0 Å². The number of esters is 1. The Kier molecular flexibility index (Phi) is 4.93. The van der Waals surface area contributed by atoms with Gasteiger partial charge in [0, 0.05) is 18.7 Å². The van der Waals surface area contributed by atoms with Gasteiger partial charge in [-0.25, -0.2) is 0 Å². The molecular formula is C21H22N2O4S. The molecule has 0 spiro atoms. The predicted molar refractivity (Wildman–Crippen MR) is 105 cm³/mol. The zero-order valence-electron chi connectivity index (χ0n) is 15.6. The number of ether oxygens (including phenoxy) is 1. The number of nitrogens with zero attached hydrogens (tertiary/aromatic N) is 2. The van der Waals surface area contributed by atoms with Crippen molar-refractivity contribution in [1.29, 1.82) is 0 Å². The normalized spacial score (nSPS) is 19.6. The van der Waals surface area contributed by atoms with E-state index in [0.29, 0.717) is 37.3 Å². The zero-order valence-corrected chi connectivity index (χ0v) is 16.4. The molecule has 7 heteroatoms. The topological polar surface area (TPSA) is 76.0 Å². The highest BCUT2D eigenvalue weighted by atomic mass is 32.2. The van der Waals surface area contributed by atoms with Crippen molar-refractivity contribution in [2.45, 2.75) is 30.8 Å². The Balaban J connectivity index is 1.40. The lowest BCUT2D eigenvalue weighted by atomic mass is 9.96. The standard InChI is InChI=1S/C21H22N2O4S/c1-15(16-7-3-2-4-8-16)27-21(24)17-11-13-23(14-12-17)20-18-9-5-6-10-19(18)28(25,26)22-20/h2-10,15,17H,11-14H2,1H3/t15-/m1/s1. The van der Waals surface area contributed by atoms with Crippen LogP contribution in [0.1, 0.15) is 37.0 Å². The fourth-order valence-electron chi connectivity index (χ4n) is 3.71. The Bertz CT molecular complexity index is 1010. The molecule has 1 fully saturated rings. The lowest BCUT2D eigenvalue weighted by molar-refractivity contribution is -0.155. The zero-order chi connectivity index (χ0) is 19.7. The van der Waals surface area contributed by atoms with Crippen LogP contribution in [-0.2, 0) is 19.6 Å². The summed E-state index contributed by atoms with van der Waals surface area (Å²) in [5.41, 5.74) is 1.61. The molecule has 1 atom stereocenters. The molecule has 2 aromatic rings. The van der Waals surface area contributed by atoms with Crippen LogP contribution in [0.3, 0.4) is 0 Å². The average Bonchev–Trinajstić information content (AvgIpc) is 3.00. The third kappa shape index (κ3) is 3.54. The van der Waals surface area contributed by atoms with Crippen molar-refractivity contribution < 1.29 is 17.9 Å². The molecule has 146 valence electrons. The summed E-state index contributed by atoms with van der Waals surface area (Å²) >= 11 is 0. The molecule has 2 heterocycles. The molecule has 6 nitrogen and oxygen atoms in total. The number of hydrogen-bond acceptors (Lipinski definition) is 5. The quantitative estimate of drug-likeness (QED) is 0.743. The van der Waals surface area contributed by atoms with Gasteiger partial charge in [0.25, 0.3) is 10.0 Å². The minimum absolute atomic E-state index is 0.184. The van der Waals surface area contributed by atoms with E-state index in [-0.39, 0.29) is 22.9 Å². The summed E-state index contributed by atoms with van der Waals surface area (Å²) in [6.07, 6.45) is 0.936. The van der Waals surface area contributed by atoms with Gasteiger partial charge in [0.1, 0.15) is 11.0 Å². The Morgan fingerprint density at radius 2 is 1.71 bits per heavy atom. The van der Waals surface area contributed by atoms with E-state index in [1.54, 1.807) is 18.2 Å². The first-order valence-corrected chi connectivity index (χ1v) is 10.8. The van der Waals surface area contributed by atoms with E-state index in [0.717, 1.165) is 5.56 Å². The average molecular weight is 398 g/mol. The van der Waals surface area contributed by atoms with E-state index < -0.39 is 10.0 Å². The van der Waals surface area contributed by atoms with E-state index in [4.69, 9.17) is 4.74 Å². The summed E-state index contributed by atoms with van der Waals surface area (Å²) in [4.78, 5) is 14.7. The molecule has 2 aliphatic rings. The summed E-state index contributed by atoms with van der Waals surface area (Å²) < 4.78 is 34.1. The van der Waals surface area contributed by atoms with E-state index in [2.05, 4.69) is 4.40 Å². The Morgan fingerprint density at radius 1 is 1.07 bits per heavy atom. The molecule has 0 radical (unpaired) electrons. The van der Waals surface area contributed by atoms with E-state index in [1.165, 1.54) is 0 Å². The summed E-state index contributed by atoms with van der Waals surface area (Å²) in [6.45, 7) is 3.02. The van der Waals surface area contributed by atoms with Crippen molar-refractivity contribution in [2.75, 3.05) is 13.1 Å². The van der Waals surface area contributed by atoms with Crippen molar-refractivity contribution in [2.24, 2.45) is 10.3 Å². The number of piperidine rings is 1. The Labute approximate surface area is 164 Å². The molecule has 2 aromatic carbocycles. The van der Waals surface area contributed by atoms with E-state index >= 15 is 0 Å². The van der Waals surface area contributed by atoms with Gasteiger partial charge < -0.3 is 9.64 Å². The number of rotatable bonds is 3. The van der Waals surface area contributed by atoms with Crippen LogP contribution in [0.4, 0.5) is 0 Å². The molecule has 0 bridgehead atoms. The number of amidine groups is 1. The van der Waals surface area contributed by atoms with Crippen molar-refractivity contribution in [3.8, 4) is 0 Å². The fourth-order valence-corrected chi connectivity index (χ4v) is 4.93. The van der Waals surface area contributed by atoms with Crippen LogP contribution in [0, 0.1) is 5.92 Å². The summed E-state index contributed by atoms with van der Waals surface area (Å²) in [7, 11) is -3.63. The van der Waals surface area contributed by atoms with Crippen molar-refractivity contribution >= 4 is 21.8 Å². The molecular weight excluding hydrogens is 376 g/mol. The first kappa shape index (κ1) is 18.7. The van der Waals surface area contributed by atoms with Crippen LogP contribution in [-0.4, -0.2) is 38.2 Å². The van der Waals surface area contributed by atoms with Gasteiger partial charge in [-0.3, -0.25) is 4.79 Å². The van der Waals surface area contributed by atoms with Crippen LogP contribution in [0.15, 0.2) is 63.9 Å². The first-order chi connectivity index (χ1) is 13.5. The SMILES string of the molecule is C[C@@H](OC(=O)C1CCN(C2=NS(=O)(=O)c3ccccc32)CC1)c1ccccc1.